The molecule has 31 heteroatoms. The van der Waals surface area contributed by atoms with Gasteiger partial charge < -0.3 is 111 Å². The first kappa shape index (κ1) is 71.3. The fourth-order valence-electron chi connectivity index (χ4n) is 9.06. The third kappa shape index (κ3) is 24.7. The number of hydrogen-bond acceptors (Lipinski definition) is 25. The lowest BCUT2D eigenvalue weighted by Crippen LogP contribution is -2.58. The molecule has 1 aromatic carbocycles. The van der Waals surface area contributed by atoms with Crippen LogP contribution in [0.4, 0.5) is 0 Å². The first-order chi connectivity index (χ1) is 40.0. The molecule has 5 amide bonds. The van der Waals surface area contributed by atoms with E-state index in [0.717, 1.165) is 10.5 Å². The number of benzene rings is 1. The summed E-state index contributed by atoms with van der Waals surface area (Å²) in [7, 11) is 0. The van der Waals surface area contributed by atoms with Gasteiger partial charge in [-0.2, -0.15) is 0 Å². The summed E-state index contributed by atoms with van der Waals surface area (Å²) < 4.78 is 38.2. The Morgan fingerprint density at radius 3 is 1.33 bits per heavy atom. The Morgan fingerprint density at radius 2 is 0.893 bits per heavy atom. The average Bonchev–Trinajstić information content (AvgIpc) is 3.67. The quantitative estimate of drug-likeness (QED) is 0.0218. The maximum atomic E-state index is 14.2. The second-order valence-electron chi connectivity index (χ2n) is 20.8. The molecule has 0 aromatic heterocycles. The van der Waals surface area contributed by atoms with Crippen LogP contribution in [0.2, 0.25) is 0 Å². The lowest BCUT2D eigenvalue weighted by atomic mass is 10.0. The van der Waals surface area contributed by atoms with Gasteiger partial charge in [0.25, 0.3) is 0 Å². The van der Waals surface area contributed by atoms with Crippen LogP contribution in [-0.4, -0.2) is 286 Å². The molecule has 4 rings (SSSR count). The number of nitrogens with zero attached hydrogens (tertiary/aromatic N) is 2. The number of rotatable bonds is 37. The number of carbonyl (C=O) groups excluding carboxylic acids is 6. The second-order valence-corrected chi connectivity index (χ2v) is 20.8. The van der Waals surface area contributed by atoms with Crippen molar-refractivity contribution in [3.8, 4) is 0 Å². The molecule has 84 heavy (non-hydrogen) atoms. The molecule has 0 unspecified atom stereocenters. The monoisotopic (exact) mass is 1210 g/mol. The van der Waals surface area contributed by atoms with E-state index < -0.39 is 166 Å². The second kappa shape index (κ2) is 37.4. The van der Waals surface area contributed by atoms with Crippen molar-refractivity contribution in [3.63, 3.8) is 0 Å². The van der Waals surface area contributed by atoms with Crippen molar-refractivity contribution >= 4 is 41.5 Å². The highest BCUT2D eigenvalue weighted by molar-refractivity contribution is 5.86. The van der Waals surface area contributed by atoms with E-state index in [2.05, 4.69) is 26.6 Å². The van der Waals surface area contributed by atoms with Gasteiger partial charge in [-0.25, -0.2) is 0 Å². The largest absolute Gasteiger partial charge is 0.480 e. The number of carbonyl (C=O) groups is 7. The van der Waals surface area contributed by atoms with Crippen LogP contribution in [0.15, 0.2) is 30.3 Å². The summed E-state index contributed by atoms with van der Waals surface area (Å²) in [5.74, 6) is -4.94. The molecule has 3 heterocycles. The molecular formula is C53H87N7O24. The summed E-state index contributed by atoms with van der Waals surface area (Å²) in [6.07, 6.45) is -18.5. The van der Waals surface area contributed by atoms with Gasteiger partial charge in [0.1, 0.15) is 61.5 Å². The molecule has 478 valence electrons. The molecule has 0 bridgehead atoms. The number of aliphatic hydroxyl groups is 9. The number of carboxylic acid groups (broad SMARTS) is 1. The maximum Gasteiger partial charge on any atom is 0.317 e. The fraction of sp³-hybridized carbons (Fsp3) is 0.755. The Morgan fingerprint density at radius 1 is 0.488 bits per heavy atom. The van der Waals surface area contributed by atoms with E-state index in [1.54, 1.807) is 0 Å². The zero-order valence-electron chi connectivity index (χ0n) is 47.6. The fourth-order valence-corrected chi connectivity index (χ4v) is 9.06. The summed E-state index contributed by atoms with van der Waals surface area (Å²) >= 11 is 0. The number of carboxylic acids is 1. The Balaban J connectivity index is 1.36. The molecule has 3 fully saturated rings. The summed E-state index contributed by atoms with van der Waals surface area (Å²) in [6.45, 7) is 0.612. The van der Waals surface area contributed by atoms with Crippen LogP contribution in [0.5, 0.6) is 0 Å². The van der Waals surface area contributed by atoms with Crippen molar-refractivity contribution in [2.45, 2.75) is 170 Å². The Bertz CT molecular complexity index is 2120. The van der Waals surface area contributed by atoms with Crippen LogP contribution < -0.4 is 26.6 Å². The zero-order valence-corrected chi connectivity index (χ0v) is 47.6. The third-order valence-corrected chi connectivity index (χ3v) is 13.9. The van der Waals surface area contributed by atoms with Crippen LogP contribution in [0, 0.1) is 0 Å². The van der Waals surface area contributed by atoms with Gasteiger partial charge in [0.2, 0.25) is 29.5 Å². The van der Waals surface area contributed by atoms with E-state index in [9.17, 15) is 84.6 Å². The van der Waals surface area contributed by atoms with Gasteiger partial charge in [0.15, 0.2) is 18.9 Å². The highest BCUT2D eigenvalue weighted by Crippen LogP contribution is 2.24. The smallest absolute Gasteiger partial charge is 0.317 e. The first-order valence-electron chi connectivity index (χ1n) is 28.1. The predicted octanol–water partition coefficient (Wildman–Crippen LogP) is -6.37. The van der Waals surface area contributed by atoms with Crippen molar-refractivity contribution in [2.75, 3.05) is 85.3 Å². The predicted molar refractivity (Wildman–Crippen MR) is 288 cm³/mol. The van der Waals surface area contributed by atoms with Crippen molar-refractivity contribution in [3.05, 3.63) is 35.9 Å². The van der Waals surface area contributed by atoms with E-state index in [1.807, 2.05) is 30.3 Å². The van der Waals surface area contributed by atoms with Gasteiger partial charge in [0, 0.05) is 39.1 Å². The number of aliphatic carboxylic acids is 1. The molecule has 15 N–H and O–H groups in total. The lowest BCUT2D eigenvalue weighted by molar-refractivity contribution is -0.292. The van der Waals surface area contributed by atoms with Crippen LogP contribution in [0.25, 0.3) is 0 Å². The third-order valence-electron chi connectivity index (χ3n) is 13.9. The minimum Gasteiger partial charge on any atom is -0.480 e. The molecule has 3 aliphatic rings. The summed E-state index contributed by atoms with van der Waals surface area (Å²) in [6, 6.07) is 7.96. The first-order valence-corrected chi connectivity index (χ1v) is 28.1. The molecule has 16 atom stereocenters. The van der Waals surface area contributed by atoms with E-state index in [1.165, 1.54) is 25.7 Å². The standard InChI is InChI=1S/C53H87N7O24/c1-30-41(68)44(71)47(74)51(82-30)78-21-18-56-37(63)26-60(27-38(64)57-19-22-79-52-48(75)45(72)42(69)31(2)83-52)34(50(77)58-20-23-80-53-49(76)46(73)43(70)32(3)84-53)14-9-11-17-55-36(62)25-59(28-39(65)66)24-35(61)54-16-10-5-8-15-40(67)81-29-33-12-6-4-7-13-33/h4,6-7,12-13,30-32,34,41-49,51-53,68-76H,5,8-11,14-29H2,1-3H3,(H,54,61)(H,55,62)(H,56,63)(H,57,64)(H,58,77)(H,65,66)/t30-,31-,32-,34-,41+,42+,43+,44+,45+,46+,47-,48-,49-,51+,52+,53+/m0/s1. The molecule has 0 aliphatic carbocycles. The van der Waals surface area contributed by atoms with Gasteiger partial charge in [-0.1, -0.05) is 36.8 Å². The molecule has 1 aromatic rings. The molecule has 0 radical (unpaired) electrons. The number of unbranched alkanes of at least 4 members (excludes halogenated alkanes) is 3. The van der Waals surface area contributed by atoms with Crippen molar-refractivity contribution in [1.82, 2.24) is 36.4 Å². The molecule has 3 saturated heterocycles. The number of esters is 1. The van der Waals surface area contributed by atoms with Crippen LogP contribution in [0.1, 0.15) is 71.3 Å². The van der Waals surface area contributed by atoms with Gasteiger partial charge in [-0.3, -0.25) is 43.4 Å². The minimum atomic E-state index is -1.64. The molecule has 3 aliphatic heterocycles. The number of ether oxygens (including phenoxy) is 7. The normalized spacial score (nSPS) is 28.2. The van der Waals surface area contributed by atoms with E-state index in [-0.39, 0.29) is 90.8 Å². The van der Waals surface area contributed by atoms with E-state index in [4.69, 9.17) is 33.2 Å². The maximum absolute atomic E-state index is 14.2. The Kier molecular flexibility index (Phi) is 31.8. The van der Waals surface area contributed by atoms with Gasteiger partial charge >= 0.3 is 11.9 Å². The topological polar surface area (TPSA) is 453 Å². The minimum absolute atomic E-state index is 0.0000787. The van der Waals surface area contributed by atoms with Crippen molar-refractivity contribution in [1.29, 1.82) is 0 Å². The summed E-state index contributed by atoms with van der Waals surface area (Å²) in [5, 5.41) is 115. The van der Waals surface area contributed by atoms with Crippen molar-refractivity contribution < 1.29 is 118 Å². The molecule has 0 saturated carbocycles. The average molecular weight is 1210 g/mol. The number of aliphatic hydroxyl groups excluding tert-OH is 9. The highest BCUT2D eigenvalue weighted by atomic mass is 16.7. The number of nitrogens with one attached hydrogen (secondary N) is 5. The SMILES string of the molecule is C[C@@H]1O[C@@H](OCCNC(=O)CN(CC(=O)NCCO[C@@H]2O[C@@H](C)[C@@H](O)[C@@H](O)[C@@H]2O)[C@@H](CCCCNC(=O)CN(CC(=O)O)CC(=O)NCCCCCC(=O)OCc2ccccc2)C(=O)NCCO[C@@H]2O[C@@H](C)[C@@H](O)[C@@H](O)[C@@H]2O)[C@@H](O)[C@H](O)[C@@H]1O. The van der Waals surface area contributed by atoms with Gasteiger partial charge in [-0.05, 0) is 58.4 Å². The molecule has 0 spiro atoms. The summed E-state index contributed by atoms with van der Waals surface area (Å²) in [4.78, 5) is 93.4. The zero-order chi connectivity index (χ0) is 61.9. The van der Waals surface area contributed by atoms with E-state index >= 15 is 0 Å². The van der Waals surface area contributed by atoms with E-state index in [0.29, 0.717) is 19.3 Å². The highest BCUT2D eigenvalue weighted by Gasteiger charge is 2.45. The van der Waals surface area contributed by atoms with Crippen LogP contribution in [-0.2, 0) is 73.3 Å². The molecule has 31 nitrogen and oxygen atoms in total. The van der Waals surface area contributed by atoms with Gasteiger partial charge in [0.05, 0.1) is 76.9 Å². The lowest BCUT2D eigenvalue weighted by Gasteiger charge is -2.39. The van der Waals surface area contributed by atoms with Crippen LogP contribution >= 0.6 is 0 Å². The van der Waals surface area contributed by atoms with Crippen LogP contribution in [0.3, 0.4) is 0 Å². The van der Waals surface area contributed by atoms with Gasteiger partial charge in [-0.15, -0.1) is 0 Å². The Labute approximate surface area is 486 Å². The number of amides is 5. The molecular weight excluding hydrogens is 1120 g/mol. The van der Waals surface area contributed by atoms with Crippen molar-refractivity contribution in [2.24, 2.45) is 0 Å². The summed E-state index contributed by atoms with van der Waals surface area (Å²) in [5.41, 5.74) is 0.866. The Hall–Kier alpha value is -5.17. The number of hydrogen-bond donors (Lipinski definition) is 15.